The van der Waals surface area contributed by atoms with E-state index < -0.39 is 11.8 Å². The van der Waals surface area contributed by atoms with Crippen LogP contribution in [0, 0.1) is 0 Å². The van der Waals surface area contributed by atoms with E-state index in [9.17, 15) is 14.4 Å². The van der Waals surface area contributed by atoms with Gasteiger partial charge in [0.05, 0.1) is 6.61 Å². The number of esters is 1. The smallest absolute Gasteiger partial charge is 0.379 e. The van der Waals surface area contributed by atoms with Crippen LogP contribution in [0.1, 0.15) is 47.1 Å². The lowest BCUT2D eigenvalue weighted by Crippen LogP contribution is -2.30. The number of nitrogens with zero attached hydrogens (tertiary/aromatic N) is 1. The first kappa shape index (κ1) is 14.2. The van der Waals surface area contributed by atoms with Crippen molar-refractivity contribution in [2.45, 2.75) is 33.4 Å². The molecule has 5 heteroatoms. The van der Waals surface area contributed by atoms with E-state index in [1.54, 1.807) is 24.0 Å². The fourth-order valence-electron chi connectivity index (χ4n) is 2.20. The first-order valence-electron chi connectivity index (χ1n) is 6.61. The van der Waals surface area contributed by atoms with E-state index in [1.165, 1.54) is 6.07 Å². The van der Waals surface area contributed by atoms with Gasteiger partial charge in [0.15, 0.2) is 0 Å². The molecule has 0 unspecified atom stereocenters. The molecule has 0 bridgehead atoms. The fourth-order valence-corrected chi connectivity index (χ4v) is 2.20. The monoisotopic (exact) mass is 275 g/mol. The van der Waals surface area contributed by atoms with Crippen LogP contribution in [0.25, 0.3) is 0 Å². The summed E-state index contributed by atoms with van der Waals surface area (Å²) >= 11 is 0. The van der Waals surface area contributed by atoms with E-state index in [1.807, 2.05) is 13.8 Å². The minimum atomic E-state index is -0.890. The second kappa shape index (κ2) is 5.45. The summed E-state index contributed by atoms with van der Waals surface area (Å²) in [4.78, 5) is 37.2. The summed E-state index contributed by atoms with van der Waals surface area (Å²) in [6.45, 7) is 6.20. The molecule has 0 radical (unpaired) electrons. The lowest BCUT2D eigenvalue weighted by atomic mass is 10.0. The standard InChI is InChI=1S/C15H17NO4/c1-4-20-15(19)13(17)10-5-6-11-8-16(9(2)3)14(18)12(11)7-10/h5-7,9H,4,8H2,1-3H3. The van der Waals surface area contributed by atoms with Crippen molar-refractivity contribution >= 4 is 17.7 Å². The van der Waals surface area contributed by atoms with E-state index in [2.05, 4.69) is 4.74 Å². The first-order chi connectivity index (χ1) is 9.45. The zero-order chi connectivity index (χ0) is 14.9. The molecule has 0 N–H and O–H groups in total. The summed E-state index contributed by atoms with van der Waals surface area (Å²) in [5.41, 5.74) is 1.57. The topological polar surface area (TPSA) is 63.7 Å². The summed E-state index contributed by atoms with van der Waals surface area (Å²) in [5.74, 6) is -1.71. The SMILES string of the molecule is CCOC(=O)C(=O)c1ccc2c(c1)C(=O)N(C(C)C)C2. The van der Waals surface area contributed by atoms with Crippen LogP contribution < -0.4 is 0 Å². The average Bonchev–Trinajstić information content (AvgIpc) is 2.75. The van der Waals surface area contributed by atoms with Crippen molar-refractivity contribution in [3.63, 3.8) is 0 Å². The summed E-state index contributed by atoms with van der Waals surface area (Å²) in [5, 5.41) is 0. The molecule has 0 aromatic heterocycles. The van der Waals surface area contributed by atoms with Crippen LogP contribution in [0.15, 0.2) is 18.2 Å². The number of ether oxygens (including phenoxy) is 1. The molecule has 20 heavy (non-hydrogen) atoms. The van der Waals surface area contributed by atoms with Gasteiger partial charge in [-0.1, -0.05) is 12.1 Å². The first-order valence-corrected chi connectivity index (χ1v) is 6.61. The molecule has 1 aliphatic rings. The third-order valence-electron chi connectivity index (χ3n) is 3.29. The zero-order valence-corrected chi connectivity index (χ0v) is 11.8. The van der Waals surface area contributed by atoms with Crippen LogP contribution in [0.2, 0.25) is 0 Å². The van der Waals surface area contributed by atoms with Crippen molar-refractivity contribution in [2.75, 3.05) is 6.61 Å². The van der Waals surface area contributed by atoms with Gasteiger partial charge in [-0.15, -0.1) is 0 Å². The van der Waals surface area contributed by atoms with Crippen molar-refractivity contribution in [3.8, 4) is 0 Å². The van der Waals surface area contributed by atoms with Crippen LogP contribution in [-0.2, 0) is 16.1 Å². The van der Waals surface area contributed by atoms with Crippen LogP contribution in [0.4, 0.5) is 0 Å². The number of carbonyl (C=O) groups excluding carboxylic acids is 3. The van der Waals surface area contributed by atoms with Crippen LogP contribution in [0.5, 0.6) is 0 Å². The lowest BCUT2D eigenvalue weighted by molar-refractivity contribution is -0.137. The summed E-state index contributed by atoms with van der Waals surface area (Å²) in [6, 6.07) is 4.87. The number of amides is 1. The second-order valence-electron chi connectivity index (χ2n) is 4.95. The van der Waals surface area contributed by atoms with Gasteiger partial charge < -0.3 is 9.64 Å². The Bertz CT molecular complexity index is 577. The molecule has 0 saturated heterocycles. The molecule has 1 aliphatic heterocycles. The molecule has 1 aromatic rings. The van der Waals surface area contributed by atoms with Crippen molar-refractivity contribution in [2.24, 2.45) is 0 Å². The number of rotatable bonds is 4. The van der Waals surface area contributed by atoms with Gasteiger partial charge in [-0.2, -0.15) is 0 Å². The van der Waals surface area contributed by atoms with Crippen molar-refractivity contribution in [1.82, 2.24) is 4.90 Å². The average molecular weight is 275 g/mol. The summed E-state index contributed by atoms with van der Waals surface area (Å²) in [6.07, 6.45) is 0. The van der Waals surface area contributed by atoms with E-state index in [0.29, 0.717) is 12.1 Å². The van der Waals surface area contributed by atoms with Gasteiger partial charge in [0.2, 0.25) is 0 Å². The maximum Gasteiger partial charge on any atom is 0.379 e. The Hall–Kier alpha value is -2.17. The Morgan fingerprint density at radius 2 is 2.05 bits per heavy atom. The Kier molecular flexibility index (Phi) is 3.88. The van der Waals surface area contributed by atoms with E-state index in [-0.39, 0.29) is 24.1 Å². The summed E-state index contributed by atoms with van der Waals surface area (Å²) in [7, 11) is 0. The third kappa shape index (κ3) is 2.43. The number of hydrogen-bond donors (Lipinski definition) is 0. The molecule has 2 rings (SSSR count). The zero-order valence-electron chi connectivity index (χ0n) is 11.8. The molecule has 1 amide bonds. The second-order valence-corrected chi connectivity index (χ2v) is 4.95. The normalized spacial score (nSPS) is 13.6. The van der Waals surface area contributed by atoms with Crippen molar-refractivity contribution < 1.29 is 19.1 Å². The molecular formula is C15H17NO4. The number of Topliss-reactive ketones (excluding diaryl/α,β-unsaturated/α-hetero) is 1. The molecule has 1 aromatic carbocycles. The Morgan fingerprint density at radius 1 is 1.35 bits per heavy atom. The van der Waals surface area contributed by atoms with Gasteiger partial charge in [-0.3, -0.25) is 9.59 Å². The van der Waals surface area contributed by atoms with Gasteiger partial charge in [0.1, 0.15) is 0 Å². The molecular weight excluding hydrogens is 258 g/mol. The third-order valence-corrected chi connectivity index (χ3v) is 3.29. The minimum Gasteiger partial charge on any atom is -0.460 e. The Morgan fingerprint density at radius 3 is 2.65 bits per heavy atom. The molecule has 0 atom stereocenters. The summed E-state index contributed by atoms with van der Waals surface area (Å²) < 4.78 is 4.68. The number of fused-ring (bicyclic) bond motifs is 1. The molecule has 0 spiro atoms. The van der Waals surface area contributed by atoms with E-state index in [4.69, 9.17) is 0 Å². The molecule has 0 aliphatic carbocycles. The largest absolute Gasteiger partial charge is 0.460 e. The maximum atomic E-state index is 12.2. The highest BCUT2D eigenvalue weighted by Gasteiger charge is 2.30. The molecule has 1 heterocycles. The quantitative estimate of drug-likeness (QED) is 0.477. The van der Waals surface area contributed by atoms with Gasteiger partial charge >= 0.3 is 5.97 Å². The Balaban J connectivity index is 2.29. The van der Waals surface area contributed by atoms with Crippen LogP contribution in [0.3, 0.4) is 0 Å². The Labute approximate surface area is 117 Å². The van der Waals surface area contributed by atoms with Crippen molar-refractivity contribution in [3.05, 3.63) is 34.9 Å². The predicted molar refractivity (Wildman–Crippen MR) is 72.4 cm³/mol. The maximum absolute atomic E-state index is 12.2. The number of benzene rings is 1. The van der Waals surface area contributed by atoms with Gasteiger partial charge in [-0.05, 0) is 32.4 Å². The lowest BCUT2D eigenvalue weighted by Gasteiger charge is -2.19. The van der Waals surface area contributed by atoms with E-state index in [0.717, 1.165) is 5.56 Å². The minimum absolute atomic E-state index is 0.0964. The highest BCUT2D eigenvalue weighted by Crippen LogP contribution is 2.25. The molecule has 5 nitrogen and oxygen atoms in total. The van der Waals surface area contributed by atoms with Crippen LogP contribution in [-0.4, -0.2) is 35.2 Å². The molecule has 106 valence electrons. The molecule has 0 saturated carbocycles. The molecule has 0 fully saturated rings. The number of hydrogen-bond acceptors (Lipinski definition) is 4. The number of ketones is 1. The number of carbonyl (C=O) groups is 3. The van der Waals surface area contributed by atoms with Gasteiger partial charge in [0.25, 0.3) is 11.7 Å². The fraction of sp³-hybridized carbons (Fsp3) is 0.400. The predicted octanol–water partition coefficient (Wildman–Crippen LogP) is 1.80. The van der Waals surface area contributed by atoms with Crippen LogP contribution >= 0.6 is 0 Å². The highest BCUT2D eigenvalue weighted by atomic mass is 16.5. The van der Waals surface area contributed by atoms with Gasteiger partial charge in [-0.25, -0.2) is 4.79 Å². The van der Waals surface area contributed by atoms with Gasteiger partial charge in [0, 0.05) is 23.7 Å². The van der Waals surface area contributed by atoms with Crippen molar-refractivity contribution in [1.29, 1.82) is 0 Å². The van der Waals surface area contributed by atoms with E-state index >= 15 is 0 Å². The highest BCUT2D eigenvalue weighted by molar-refractivity contribution is 6.40.